The number of aromatic nitrogens is 3. The zero-order valence-corrected chi connectivity index (χ0v) is 13.5. The van der Waals surface area contributed by atoms with Crippen molar-refractivity contribution >= 4 is 5.96 Å². The molecule has 2 aromatic rings. The van der Waals surface area contributed by atoms with E-state index in [1.165, 1.54) is 0 Å². The van der Waals surface area contributed by atoms with Crippen LogP contribution in [0.2, 0.25) is 0 Å². The minimum absolute atomic E-state index is 0.0616. The molecule has 0 spiro atoms. The molecule has 0 fully saturated rings. The number of ether oxygens (including phenoxy) is 2. The van der Waals surface area contributed by atoms with Crippen molar-refractivity contribution in [1.82, 2.24) is 20.3 Å². The van der Waals surface area contributed by atoms with Crippen LogP contribution in [0.15, 0.2) is 30.5 Å². The molecule has 0 aliphatic heterocycles. The Balaban J connectivity index is 2.00. The van der Waals surface area contributed by atoms with Gasteiger partial charge in [0.25, 0.3) is 0 Å². The van der Waals surface area contributed by atoms with Gasteiger partial charge >= 0.3 is 0 Å². The van der Waals surface area contributed by atoms with Gasteiger partial charge in [-0.1, -0.05) is 5.21 Å². The highest BCUT2D eigenvalue weighted by atomic mass is 16.5. The second kappa shape index (κ2) is 6.99. The van der Waals surface area contributed by atoms with E-state index in [0.717, 1.165) is 17.2 Å². The summed E-state index contributed by atoms with van der Waals surface area (Å²) in [5, 5.41) is 18.1. The molecule has 1 aromatic heterocycles. The number of nitrogens with one attached hydrogen (secondary N) is 2. The first kappa shape index (κ1) is 16.6. The van der Waals surface area contributed by atoms with Crippen LogP contribution in [0.3, 0.4) is 0 Å². The number of rotatable bonds is 7. The standard InChI is InChI=1S/C15H22N6O2/c1-15(2,23-12-6-4-11(22-3)5-7-12)13-10-21(20-19-13)9-8-18-14(16)17/h4-7,10H,8-9H2,1-3H3,(H4,16,17,18). The van der Waals surface area contributed by atoms with E-state index in [1.807, 2.05) is 44.3 Å². The van der Waals surface area contributed by atoms with Gasteiger partial charge in [0.15, 0.2) is 5.96 Å². The van der Waals surface area contributed by atoms with Crippen molar-refractivity contribution in [3.05, 3.63) is 36.2 Å². The van der Waals surface area contributed by atoms with Crippen LogP contribution in [-0.2, 0) is 12.1 Å². The van der Waals surface area contributed by atoms with Crippen molar-refractivity contribution in [3.63, 3.8) is 0 Å². The number of nitrogens with zero attached hydrogens (tertiary/aromatic N) is 3. The van der Waals surface area contributed by atoms with Crippen LogP contribution in [0.1, 0.15) is 19.5 Å². The highest BCUT2D eigenvalue weighted by Crippen LogP contribution is 2.27. The number of methoxy groups -OCH3 is 1. The predicted molar refractivity (Wildman–Crippen MR) is 86.6 cm³/mol. The van der Waals surface area contributed by atoms with E-state index in [4.69, 9.17) is 20.6 Å². The average Bonchev–Trinajstić information content (AvgIpc) is 2.97. The summed E-state index contributed by atoms with van der Waals surface area (Å²) in [5.41, 5.74) is 5.33. The largest absolute Gasteiger partial charge is 0.497 e. The van der Waals surface area contributed by atoms with Gasteiger partial charge in [-0.05, 0) is 38.1 Å². The maximum atomic E-state index is 7.11. The molecule has 1 aromatic carbocycles. The fourth-order valence-electron chi connectivity index (χ4n) is 1.98. The van der Waals surface area contributed by atoms with E-state index in [9.17, 15) is 0 Å². The lowest BCUT2D eigenvalue weighted by atomic mass is 10.1. The van der Waals surface area contributed by atoms with Crippen LogP contribution in [-0.4, -0.2) is 34.6 Å². The van der Waals surface area contributed by atoms with E-state index in [-0.39, 0.29) is 5.96 Å². The number of hydrogen-bond donors (Lipinski definition) is 3. The van der Waals surface area contributed by atoms with Crippen LogP contribution < -0.4 is 20.5 Å². The highest BCUT2D eigenvalue weighted by molar-refractivity contribution is 5.74. The Labute approximate surface area is 135 Å². The van der Waals surface area contributed by atoms with Gasteiger partial charge < -0.3 is 20.5 Å². The summed E-state index contributed by atoms with van der Waals surface area (Å²) in [4.78, 5) is 0. The molecule has 0 atom stereocenters. The third kappa shape index (κ3) is 4.60. The predicted octanol–water partition coefficient (Wildman–Crippen LogP) is 1.08. The van der Waals surface area contributed by atoms with E-state index in [0.29, 0.717) is 13.1 Å². The number of guanidine groups is 1. The van der Waals surface area contributed by atoms with E-state index in [1.54, 1.807) is 11.8 Å². The Morgan fingerprint density at radius 3 is 2.57 bits per heavy atom. The second-order valence-electron chi connectivity index (χ2n) is 5.50. The van der Waals surface area contributed by atoms with Crippen molar-refractivity contribution in [2.75, 3.05) is 13.7 Å². The molecule has 0 aliphatic carbocycles. The van der Waals surface area contributed by atoms with Gasteiger partial charge in [0.05, 0.1) is 19.9 Å². The van der Waals surface area contributed by atoms with Crippen LogP contribution in [0.5, 0.6) is 11.5 Å². The summed E-state index contributed by atoms with van der Waals surface area (Å²) in [6.07, 6.45) is 1.82. The molecule has 0 saturated heterocycles. The Morgan fingerprint density at radius 2 is 1.96 bits per heavy atom. The van der Waals surface area contributed by atoms with Gasteiger partial charge in [0.1, 0.15) is 22.8 Å². The molecule has 23 heavy (non-hydrogen) atoms. The first-order valence-electron chi connectivity index (χ1n) is 7.22. The maximum Gasteiger partial charge on any atom is 0.185 e. The molecule has 2 rings (SSSR count). The molecule has 0 amide bonds. The summed E-state index contributed by atoms with van der Waals surface area (Å²) in [5.74, 6) is 1.44. The first-order valence-corrected chi connectivity index (χ1v) is 7.22. The molecule has 124 valence electrons. The normalized spacial score (nSPS) is 11.1. The summed E-state index contributed by atoms with van der Waals surface area (Å²) >= 11 is 0. The van der Waals surface area contributed by atoms with Crippen molar-refractivity contribution in [2.24, 2.45) is 5.73 Å². The zero-order valence-electron chi connectivity index (χ0n) is 13.5. The fraction of sp³-hybridized carbons (Fsp3) is 0.400. The Kier molecular flexibility index (Phi) is 5.05. The van der Waals surface area contributed by atoms with Crippen LogP contribution in [0.25, 0.3) is 0 Å². The fourth-order valence-corrected chi connectivity index (χ4v) is 1.98. The maximum absolute atomic E-state index is 7.11. The number of nitrogens with two attached hydrogens (primary N) is 1. The SMILES string of the molecule is COc1ccc(OC(C)(C)c2cn(CCNC(=N)N)nn2)cc1. The van der Waals surface area contributed by atoms with Crippen molar-refractivity contribution in [1.29, 1.82) is 5.41 Å². The lowest BCUT2D eigenvalue weighted by Crippen LogP contribution is -2.32. The van der Waals surface area contributed by atoms with Crippen LogP contribution in [0, 0.1) is 5.41 Å². The van der Waals surface area contributed by atoms with Crippen molar-refractivity contribution < 1.29 is 9.47 Å². The third-order valence-electron chi connectivity index (χ3n) is 3.24. The number of benzene rings is 1. The van der Waals surface area contributed by atoms with Crippen molar-refractivity contribution in [3.8, 4) is 11.5 Å². The monoisotopic (exact) mass is 318 g/mol. The van der Waals surface area contributed by atoms with Gasteiger partial charge in [0.2, 0.25) is 0 Å². The minimum Gasteiger partial charge on any atom is -0.497 e. The number of hydrogen-bond acceptors (Lipinski definition) is 5. The molecular weight excluding hydrogens is 296 g/mol. The molecule has 1 heterocycles. The van der Waals surface area contributed by atoms with Gasteiger partial charge in [-0.3, -0.25) is 10.1 Å². The summed E-state index contributed by atoms with van der Waals surface area (Å²) in [6.45, 7) is 4.93. The zero-order chi connectivity index (χ0) is 16.9. The Morgan fingerprint density at radius 1 is 1.30 bits per heavy atom. The first-order chi connectivity index (χ1) is 10.9. The van der Waals surface area contributed by atoms with Gasteiger partial charge in [0, 0.05) is 6.54 Å². The molecule has 0 aliphatic rings. The lowest BCUT2D eigenvalue weighted by Gasteiger charge is -2.24. The van der Waals surface area contributed by atoms with E-state index < -0.39 is 5.60 Å². The van der Waals surface area contributed by atoms with Gasteiger partial charge in [-0.25, -0.2) is 0 Å². The lowest BCUT2D eigenvalue weighted by molar-refractivity contribution is 0.103. The molecule has 0 bridgehead atoms. The summed E-state index contributed by atoms with van der Waals surface area (Å²) < 4.78 is 12.8. The highest BCUT2D eigenvalue weighted by Gasteiger charge is 2.26. The molecule has 4 N–H and O–H groups in total. The smallest absolute Gasteiger partial charge is 0.185 e. The topological polar surface area (TPSA) is 111 Å². The Hall–Kier alpha value is -2.77. The van der Waals surface area contributed by atoms with Gasteiger partial charge in [-0.15, -0.1) is 5.10 Å². The summed E-state index contributed by atoms with van der Waals surface area (Å²) in [6, 6.07) is 7.38. The molecule has 8 nitrogen and oxygen atoms in total. The summed E-state index contributed by atoms with van der Waals surface area (Å²) in [7, 11) is 1.62. The average molecular weight is 318 g/mol. The van der Waals surface area contributed by atoms with Crippen molar-refractivity contribution in [2.45, 2.75) is 26.0 Å². The van der Waals surface area contributed by atoms with Gasteiger partial charge in [-0.2, -0.15) is 0 Å². The minimum atomic E-state index is -0.624. The van der Waals surface area contributed by atoms with E-state index in [2.05, 4.69) is 15.6 Å². The molecule has 0 saturated carbocycles. The molecule has 0 radical (unpaired) electrons. The van der Waals surface area contributed by atoms with Crippen LogP contribution >= 0.6 is 0 Å². The second-order valence-corrected chi connectivity index (χ2v) is 5.50. The molecule has 0 unspecified atom stereocenters. The van der Waals surface area contributed by atoms with E-state index >= 15 is 0 Å². The molecular formula is C15H22N6O2. The third-order valence-corrected chi connectivity index (χ3v) is 3.24. The van der Waals surface area contributed by atoms with Crippen LogP contribution in [0.4, 0.5) is 0 Å². The quantitative estimate of drug-likeness (QED) is 0.520. The Bertz CT molecular complexity index is 650. The molecule has 8 heteroatoms.